The summed E-state index contributed by atoms with van der Waals surface area (Å²) in [5.41, 5.74) is 7.60. The molecule has 0 saturated heterocycles. The Morgan fingerprint density at radius 3 is 2.44 bits per heavy atom. The minimum atomic E-state index is -0.145. The lowest BCUT2D eigenvalue weighted by Crippen LogP contribution is -2.46. The van der Waals surface area contributed by atoms with Crippen molar-refractivity contribution in [2.45, 2.75) is 60.0 Å². The van der Waals surface area contributed by atoms with Crippen LogP contribution < -0.4 is 5.56 Å². The van der Waals surface area contributed by atoms with Gasteiger partial charge in [0.25, 0.3) is 11.5 Å². The van der Waals surface area contributed by atoms with Gasteiger partial charge in [-0.05, 0) is 93.1 Å². The van der Waals surface area contributed by atoms with Crippen LogP contribution >= 0.6 is 15.9 Å². The topological polar surface area (TPSA) is 77.4 Å². The van der Waals surface area contributed by atoms with Gasteiger partial charge in [0.05, 0.1) is 36.0 Å². The maximum Gasteiger partial charge on any atom is 0.261 e. The van der Waals surface area contributed by atoms with Crippen molar-refractivity contribution in [3.05, 3.63) is 109 Å². The second-order valence-electron chi connectivity index (χ2n) is 11.5. The third-order valence-electron chi connectivity index (χ3n) is 7.82. The number of amides is 1. The number of aromatic nitrogens is 5. The number of fused-ring (bicyclic) bond motifs is 3. The molecule has 0 radical (unpaired) electrons. The molecule has 0 bridgehead atoms. The highest BCUT2D eigenvalue weighted by Gasteiger charge is 2.33. The summed E-state index contributed by atoms with van der Waals surface area (Å²) in [5.74, 6) is 0.335. The number of benzene rings is 2. The molecule has 1 aliphatic heterocycles. The summed E-state index contributed by atoms with van der Waals surface area (Å²) in [6.07, 6.45) is 6.90. The molecule has 0 spiro atoms. The van der Waals surface area contributed by atoms with Gasteiger partial charge in [-0.2, -0.15) is 10.2 Å². The number of aryl methyl sites for hydroxylation is 2. The van der Waals surface area contributed by atoms with E-state index in [1.54, 1.807) is 4.57 Å². The minimum Gasteiger partial charge on any atom is -0.330 e. The fourth-order valence-corrected chi connectivity index (χ4v) is 5.98. The van der Waals surface area contributed by atoms with Gasteiger partial charge < -0.3 is 4.90 Å². The summed E-state index contributed by atoms with van der Waals surface area (Å²) in [4.78, 5) is 29.8. The SMILES string of the molecule is Cc1cnn(-c2ccc(-n3c(=O)c4c(n5ncc(CC(C)C)c35)CN(C(=O)c3ccc(Br)c(C)c3)C(C)C4)cc2)c1. The first-order chi connectivity index (χ1) is 19.6. The average molecular weight is 614 g/mol. The van der Waals surface area contributed by atoms with Gasteiger partial charge in [0.15, 0.2) is 0 Å². The Morgan fingerprint density at radius 1 is 1.05 bits per heavy atom. The van der Waals surface area contributed by atoms with Crippen LogP contribution in [0.25, 0.3) is 17.0 Å². The average Bonchev–Trinajstić information content (AvgIpc) is 3.56. The van der Waals surface area contributed by atoms with E-state index in [0.717, 1.165) is 50.3 Å². The Balaban J connectivity index is 1.48. The normalized spacial score (nSPS) is 15.1. The molecule has 6 rings (SSSR count). The highest BCUT2D eigenvalue weighted by molar-refractivity contribution is 9.10. The molecule has 0 fully saturated rings. The smallest absolute Gasteiger partial charge is 0.261 e. The van der Waals surface area contributed by atoms with Crippen molar-refractivity contribution in [3.8, 4) is 11.4 Å². The Hall–Kier alpha value is -3.98. The van der Waals surface area contributed by atoms with Crippen LogP contribution in [0.4, 0.5) is 0 Å². The molecule has 1 unspecified atom stereocenters. The second kappa shape index (κ2) is 10.4. The Kier molecular flexibility index (Phi) is 6.93. The largest absolute Gasteiger partial charge is 0.330 e. The summed E-state index contributed by atoms with van der Waals surface area (Å²) >= 11 is 3.53. The predicted molar refractivity (Wildman–Crippen MR) is 163 cm³/mol. The van der Waals surface area contributed by atoms with E-state index in [1.807, 2.05) is 95.9 Å². The zero-order chi connectivity index (χ0) is 29.0. The molecule has 0 aliphatic carbocycles. The maximum atomic E-state index is 14.3. The molecule has 8 nitrogen and oxygen atoms in total. The number of nitrogens with zero attached hydrogens (tertiary/aromatic N) is 6. The Morgan fingerprint density at radius 2 is 1.78 bits per heavy atom. The highest BCUT2D eigenvalue weighted by atomic mass is 79.9. The molecule has 0 N–H and O–H groups in total. The van der Waals surface area contributed by atoms with E-state index in [-0.39, 0.29) is 17.5 Å². The molecule has 1 aliphatic rings. The summed E-state index contributed by atoms with van der Waals surface area (Å²) in [6.45, 7) is 10.6. The zero-order valence-electron chi connectivity index (χ0n) is 23.9. The van der Waals surface area contributed by atoms with E-state index in [9.17, 15) is 9.59 Å². The van der Waals surface area contributed by atoms with Crippen LogP contribution in [0.2, 0.25) is 0 Å². The standard InChI is InChI=1S/C32H33BrN6O2/c1-19(2)12-24-16-35-39-29-18-36(31(40)23-6-11-28(33)21(4)13-23)22(5)14-27(29)32(41)38(30(24)39)26-9-7-25(8-10-26)37-17-20(3)15-34-37/h6-11,13,15-17,19,22H,12,14,18H2,1-5H3. The molecule has 210 valence electrons. The van der Waals surface area contributed by atoms with Gasteiger partial charge in [-0.25, -0.2) is 9.20 Å². The van der Waals surface area contributed by atoms with Crippen LogP contribution in [0.5, 0.6) is 0 Å². The molecule has 41 heavy (non-hydrogen) atoms. The van der Waals surface area contributed by atoms with E-state index < -0.39 is 0 Å². The highest BCUT2D eigenvalue weighted by Crippen LogP contribution is 2.28. The maximum absolute atomic E-state index is 14.3. The van der Waals surface area contributed by atoms with Crippen LogP contribution in [-0.2, 0) is 19.4 Å². The van der Waals surface area contributed by atoms with Gasteiger partial charge in [-0.1, -0.05) is 29.8 Å². The molecule has 1 atom stereocenters. The first-order valence-electron chi connectivity index (χ1n) is 13.9. The van der Waals surface area contributed by atoms with Gasteiger partial charge in [-0.3, -0.25) is 14.2 Å². The summed E-state index contributed by atoms with van der Waals surface area (Å²) < 4.78 is 6.48. The fraction of sp³-hybridized carbons (Fsp3) is 0.312. The predicted octanol–water partition coefficient (Wildman–Crippen LogP) is 5.84. The number of hydrogen-bond acceptors (Lipinski definition) is 4. The van der Waals surface area contributed by atoms with Crippen molar-refractivity contribution in [3.63, 3.8) is 0 Å². The van der Waals surface area contributed by atoms with E-state index in [2.05, 4.69) is 34.9 Å². The lowest BCUT2D eigenvalue weighted by atomic mass is 9.97. The van der Waals surface area contributed by atoms with Gasteiger partial charge in [0.2, 0.25) is 0 Å². The summed E-state index contributed by atoms with van der Waals surface area (Å²) in [7, 11) is 0. The third-order valence-corrected chi connectivity index (χ3v) is 8.71. The van der Waals surface area contributed by atoms with E-state index in [0.29, 0.717) is 30.0 Å². The Bertz CT molecular complexity index is 1850. The number of carbonyl (C=O) groups excluding carboxylic acids is 1. The molecule has 0 saturated carbocycles. The van der Waals surface area contributed by atoms with Crippen molar-refractivity contribution in [2.24, 2.45) is 5.92 Å². The van der Waals surface area contributed by atoms with E-state index in [1.165, 1.54) is 0 Å². The van der Waals surface area contributed by atoms with Crippen LogP contribution in [0, 0.1) is 19.8 Å². The van der Waals surface area contributed by atoms with E-state index in [4.69, 9.17) is 5.10 Å². The van der Waals surface area contributed by atoms with Crippen LogP contribution in [0.3, 0.4) is 0 Å². The molecule has 9 heteroatoms. The molecule has 5 aromatic rings. The summed E-state index contributed by atoms with van der Waals surface area (Å²) in [5, 5.41) is 9.21. The van der Waals surface area contributed by atoms with Crippen molar-refractivity contribution in [1.29, 1.82) is 0 Å². The third kappa shape index (κ3) is 4.82. The Labute approximate surface area is 247 Å². The van der Waals surface area contributed by atoms with Crippen LogP contribution in [0.1, 0.15) is 59.1 Å². The van der Waals surface area contributed by atoms with Crippen molar-refractivity contribution >= 4 is 27.5 Å². The van der Waals surface area contributed by atoms with Crippen LogP contribution in [-0.4, -0.2) is 40.8 Å². The lowest BCUT2D eigenvalue weighted by Gasteiger charge is -2.35. The zero-order valence-corrected chi connectivity index (χ0v) is 25.5. The minimum absolute atomic E-state index is 0.0462. The second-order valence-corrected chi connectivity index (χ2v) is 12.4. The van der Waals surface area contributed by atoms with E-state index >= 15 is 0 Å². The quantitative estimate of drug-likeness (QED) is 0.250. The van der Waals surface area contributed by atoms with Gasteiger partial charge >= 0.3 is 0 Å². The van der Waals surface area contributed by atoms with Gasteiger partial charge in [-0.15, -0.1) is 0 Å². The van der Waals surface area contributed by atoms with Crippen LogP contribution in [0.15, 0.2) is 70.3 Å². The lowest BCUT2D eigenvalue weighted by molar-refractivity contribution is 0.0651. The molecular formula is C32H33BrN6O2. The number of carbonyl (C=O) groups is 1. The van der Waals surface area contributed by atoms with Gasteiger partial charge in [0.1, 0.15) is 5.65 Å². The molecule has 4 heterocycles. The number of hydrogen-bond donors (Lipinski definition) is 0. The molecular weight excluding hydrogens is 580 g/mol. The van der Waals surface area contributed by atoms with Crippen molar-refractivity contribution in [2.75, 3.05) is 0 Å². The van der Waals surface area contributed by atoms with Crippen molar-refractivity contribution in [1.82, 2.24) is 28.9 Å². The van der Waals surface area contributed by atoms with Gasteiger partial charge in [0, 0.05) is 33.4 Å². The molecule has 3 aromatic heterocycles. The first-order valence-corrected chi connectivity index (χ1v) is 14.7. The fourth-order valence-electron chi connectivity index (χ4n) is 5.73. The summed E-state index contributed by atoms with van der Waals surface area (Å²) in [6, 6.07) is 13.4. The number of rotatable bonds is 5. The number of halogens is 1. The first kappa shape index (κ1) is 27.2. The monoisotopic (exact) mass is 612 g/mol. The molecule has 2 aromatic carbocycles. The molecule has 1 amide bonds. The van der Waals surface area contributed by atoms with Crippen molar-refractivity contribution < 1.29 is 4.79 Å².